The number of carbonyl (C=O) groups excluding carboxylic acids is 2. The second-order valence-corrected chi connectivity index (χ2v) is 10.8. The van der Waals surface area contributed by atoms with Gasteiger partial charge in [0, 0.05) is 52.8 Å². The summed E-state index contributed by atoms with van der Waals surface area (Å²) in [6.07, 6.45) is 7.79. The standard InChI is InChI=1S/C30H43ClN6O3/c1-6-9-10-12-23(22(8-3)28(38)24-15-20(31)13-14-25(24)34-30(39)40-5)26-16-27-35-29(19(4)18-37(27)36-26)33-17-21(32)11-7-2/h13-16,18,21-23H,6-12,17,32H2,1-5H3,(H,33,35)(H,34,39)/t21-,22?,23+/m0/s1. The van der Waals surface area contributed by atoms with Gasteiger partial charge in [-0.2, -0.15) is 5.10 Å². The Labute approximate surface area is 242 Å². The minimum Gasteiger partial charge on any atom is -0.453 e. The van der Waals surface area contributed by atoms with Crippen LogP contribution in [0.2, 0.25) is 5.02 Å². The molecular weight excluding hydrogens is 528 g/mol. The van der Waals surface area contributed by atoms with Gasteiger partial charge in [0.15, 0.2) is 11.4 Å². The predicted molar refractivity (Wildman–Crippen MR) is 162 cm³/mol. The molecule has 3 rings (SSSR count). The lowest BCUT2D eigenvalue weighted by molar-refractivity contribution is 0.0891. The van der Waals surface area contributed by atoms with Crippen LogP contribution >= 0.6 is 11.6 Å². The van der Waals surface area contributed by atoms with Gasteiger partial charge in [-0.1, -0.05) is 58.1 Å². The number of rotatable bonds is 15. The zero-order chi connectivity index (χ0) is 29.2. The van der Waals surface area contributed by atoms with E-state index in [-0.39, 0.29) is 23.7 Å². The summed E-state index contributed by atoms with van der Waals surface area (Å²) in [5.74, 6) is 0.189. The molecule has 0 radical (unpaired) electrons. The number of nitrogens with two attached hydrogens (primary N) is 1. The summed E-state index contributed by atoms with van der Waals surface area (Å²) in [6, 6.07) is 6.92. The number of carbonyl (C=O) groups is 2. The fourth-order valence-corrected chi connectivity index (χ4v) is 5.27. The van der Waals surface area contributed by atoms with Crippen molar-refractivity contribution >= 4 is 40.6 Å². The molecule has 0 bridgehead atoms. The number of anilines is 2. The number of benzene rings is 1. The van der Waals surface area contributed by atoms with Crippen molar-refractivity contribution in [3.05, 3.63) is 52.3 Å². The molecule has 0 saturated carbocycles. The lowest BCUT2D eigenvalue weighted by atomic mass is 9.78. The monoisotopic (exact) mass is 570 g/mol. The van der Waals surface area contributed by atoms with Crippen LogP contribution in [0.1, 0.15) is 93.3 Å². The number of halogens is 1. The molecule has 0 aliphatic rings. The molecule has 0 aliphatic carbocycles. The summed E-state index contributed by atoms with van der Waals surface area (Å²) < 4.78 is 6.54. The van der Waals surface area contributed by atoms with E-state index < -0.39 is 6.09 Å². The van der Waals surface area contributed by atoms with Gasteiger partial charge < -0.3 is 15.8 Å². The summed E-state index contributed by atoms with van der Waals surface area (Å²) in [4.78, 5) is 30.9. The second-order valence-electron chi connectivity index (χ2n) is 10.4. The Morgan fingerprint density at radius 1 is 1.12 bits per heavy atom. The minimum absolute atomic E-state index is 0.0622. The van der Waals surface area contributed by atoms with Crippen molar-refractivity contribution in [2.75, 3.05) is 24.3 Å². The van der Waals surface area contributed by atoms with Crippen molar-refractivity contribution in [2.24, 2.45) is 11.7 Å². The SMILES string of the molecule is CCCCC[C@@H](c1cc2nc(NC[C@@H](N)CCC)c(C)cn2n1)C(CC)C(=O)c1cc(Cl)ccc1NC(=O)OC. The van der Waals surface area contributed by atoms with Gasteiger partial charge in [0.1, 0.15) is 5.82 Å². The average molecular weight is 571 g/mol. The van der Waals surface area contributed by atoms with Crippen LogP contribution in [-0.2, 0) is 4.74 Å². The molecule has 4 N–H and O–H groups in total. The van der Waals surface area contributed by atoms with E-state index in [1.165, 1.54) is 7.11 Å². The highest BCUT2D eigenvalue weighted by atomic mass is 35.5. The summed E-state index contributed by atoms with van der Waals surface area (Å²) in [5, 5.41) is 11.4. The van der Waals surface area contributed by atoms with E-state index in [1.807, 2.05) is 26.1 Å². The number of ether oxygens (including phenoxy) is 1. The number of Topliss-reactive ketones (excluding diaryl/α,β-unsaturated/α-hetero) is 1. The van der Waals surface area contributed by atoms with Crippen LogP contribution in [0.25, 0.3) is 5.65 Å². The van der Waals surface area contributed by atoms with Crippen molar-refractivity contribution in [1.82, 2.24) is 14.6 Å². The molecule has 1 amide bonds. The van der Waals surface area contributed by atoms with Crippen LogP contribution in [0.4, 0.5) is 16.3 Å². The number of aryl methyl sites for hydroxylation is 1. The number of ketones is 1. The molecule has 3 atom stereocenters. The molecule has 40 heavy (non-hydrogen) atoms. The third-order valence-corrected chi connectivity index (χ3v) is 7.51. The summed E-state index contributed by atoms with van der Waals surface area (Å²) in [6.45, 7) is 8.93. The Kier molecular flexibility index (Phi) is 11.8. The Bertz CT molecular complexity index is 1290. The highest BCUT2D eigenvalue weighted by Gasteiger charge is 2.32. The van der Waals surface area contributed by atoms with Crippen LogP contribution in [0.3, 0.4) is 0 Å². The number of unbranched alkanes of at least 4 members (excludes halogenated alkanes) is 2. The van der Waals surface area contributed by atoms with E-state index >= 15 is 0 Å². The van der Waals surface area contributed by atoms with Gasteiger partial charge in [0.25, 0.3) is 0 Å². The summed E-state index contributed by atoms with van der Waals surface area (Å²) >= 11 is 6.29. The fraction of sp³-hybridized carbons (Fsp3) is 0.533. The molecule has 0 aliphatic heterocycles. The average Bonchev–Trinajstić information content (AvgIpc) is 3.34. The van der Waals surface area contributed by atoms with Gasteiger partial charge >= 0.3 is 6.09 Å². The smallest absolute Gasteiger partial charge is 0.411 e. The predicted octanol–water partition coefficient (Wildman–Crippen LogP) is 6.98. The third kappa shape index (κ3) is 7.95. The van der Waals surface area contributed by atoms with Crippen molar-refractivity contribution in [3.8, 4) is 0 Å². The first kappa shape index (κ1) is 31.4. The molecule has 0 spiro atoms. The van der Waals surface area contributed by atoms with Crippen LogP contribution in [0.5, 0.6) is 0 Å². The first-order valence-corrected chi connectivity index (χ1v) is 14.6. The molecule has 2 aromatic heterocycles. The normalized spacial score (nSPS) is 13.6. The minimum atomic E-state index is -0.647. The number of nitrogens with zero attached hydrogens (tertiary/aromatic N) is 3. The van der Waals surface area contributed by atoms with Gasteiger partial charge in [-0.15, -0.1) is 0 Å². The van der Waals surface area contributed by atoms with Gasteiger partial charge in [-0.25, -0.2) is 14.3 Å². The first-order chi connectivity index (χ1) is 19.2. The van der Waals surface area contributed by atoms with Crippen LogP contribution < -0.4 is 16.4 Å². The number of methoxy groups -OCH3 is 1. The lowest BCUT2D eigenvalue weighted by Crippen LogP contribution is -2.29. The van der Waals surface area contributed by atoms with Crippen molar-refractivity contribution < 1.29 is 14.3 Å². The Morgan fingerprint density at radius 3 is 2.58 bits per heavy atom. The number of fused-ring (bicyclic) bond motifs is 1. The van der Waals surface area contributed by atoms with Crippen molar-refractivity contribution in [3.63, 3.8) is 0 Å². The molecule has 0 saturated heterocycles. The fourth-order valence-electron chi connectivity index (χ4n) is 5.10. The van der Waals surface area contributed by atoms with Crippen molar-refractivity contribution in [1.29, 1.82) is 0 Å². The Hall–Kier alpha value is -3.17. The van der Waals surface area contributed by atoms with E-state index in [4.69, 9.17) is 32.2 Å². The van der Waals surface area contributed by atoms with Crippen LogP contribution in [0, 0.1) is 12.8 Å². The maximum atomic E-state index is 14.1. The van der Waals surface area contributed by atoms with Gasteiger partial charge in [-0.05, 0) is 44.4 Å². The van der Waals surface area contributed by atoms with Gasteiger partial charge in [-0.3, -0.25) is 10.1 Å². The summed E-state index contributed by atoms with van der Waals surface area (Å²) in [7, 11) is 1.28. The maximum absolute atomic E-state index is 14.1. The Morgan fingerprint density at radius 2 is 1.90 bits per heavy atom. The molecule has 218 valence electrons. The number of hydrogen-bond donors (Lipinski definition) is 3. The quantitative estimate of drug-likeness (QED) is 0.133. The molecule has 9 nitrogen and oxygen atoms in total. The third-order valence-electron chi connectivity index (χ3n) is 7.27. The first-order valence-electron chi connectivity index (χ1n) is 14.3. The van der Waals surface area contributed by atoms with E-state index in [1.54, 1.807) is 22.7 Å². The number of nitrogens with one attached hydrogen (secondary N) is 2. The van der Waals surface area contributed by atoms with Gasteiger partial charge in [0.05, 0.1) is 18.5 Å². The number of amides is 1. The maximum Gasteiger partial charge on any atom is 0.411 e. The van der Waals surface area contributed by atoms with Crippen LogP contribution in [0.15, 0.2) is 30.5 Å². The Balaban J connectivity index is 1.98. The second kappa shape index (κ2) is 15.0. The molecular formula is C30H43ClN6O3. The number of aromatic nitrogens is 3. The zero-order valence-electron chi connectivity index (χ0n) is 24.3. The highest BCUT2D eigenvalue weighted by Crippen LogP contribution is 2.36. The molecule has 10 heteroatoms. The largest absolute Gasteiger partial charge is 0.453 e. The van der Waals surface area contributed by atoms with E-state index in [2.05, 4.69) is 24.5 Å². The lowest BCUT2D eigenvalue weighted by Gasteiger charge is -2.25. The molecule has 2 heterocycles. The van der Waals surface area contributed by atoms with Crippen molar-refractivity contribution in [2.45, 2.75) is 84.6 Å². The molecule has 0 fully saturated rings. The zero-order valence-corrected chi connectivity index (χ0v) is 25.1. The van der Waals surface area contributed by atoms with E-state index in [9.17, 15) is 9.59 Å². The summed E-state index contributed by atoms with van der Waals surface area (Å²) in [5.41, 5.74) is 9.44. The molecule has 3 aromatic rings. The molecule has 1 unspecified atom stereocenters. The number of hydrogen-bond acceptors (Lipinski definition) is 7. The van der Waals surface area contributed by atoms with E-state index in [0.29, 0.717) is 34.9 Å². The highest BCUT2D eigenvalue weighted by molar-refractivity contribution is 6.31. The van der Waals surface area contributed by atoms with Gasteiger partial charge in [0.2, 0.25) is 0 Å². The van der Waals surface area contributed by atoms with Crippen LogP contribution in [-0.4, -0.2) is 46.2 Å². The molecule has 1 aromatic carbocycles. The van der Waals surface area contributed by atoms with E-state index in [0.717, 1.165) is 55.6 Å². The topological polar surface area (TPSA) is 124 Å².